The second-order valence-corrected chi connectivity index (χ2v) is 7.94. The van der Waals surface area contributed by atoms with E-state index < -0.39 is 15.7 Å². The number of hydrogen-bond acceptors (Lipinski definition) is 6. The molecule has 0 unspecified atom stereocenters. The molecule has 2 N–H and O–H groups in total. The number of aromatic nitrogens is 1. The molecule has 9 heteroatoms. The number of rotatable bonds is 5. The molecule has 0 radical (unpaired) electrons. The number of benzene rings is 1. The van der Waals surface area contributed by atoms with Crippen molar-refractivity contribution in [3.05, 3.63) is 42.1 Å². The van der Waals surface area contributed by atoms with Gasteiger partial charge in [-0.3, -0.25) is 9.59 Å². The molecule has 1 aromatic carbocycles. The molecule has 26 heavy (non-hydrogen) atoms. The smallest absolute Gasteiger partial charge is 0.262 e. The first kappa shape index (κ1) is 17.9. The Balaban J connectivity index is 1.65. The van der Waals surface area contributed by atoms with E-state index in [1.165, 1.54) is 18.2 Å². The van der Waals surface area contributed by atoms with Crippen molar-refractivity contribution in [2.75, 3.05) is 23.0 Å². The fraction of sp³-hybridized carbons (Fsp3) is 0.235. The SMILES string of the molecule is Cc1ccc(NC(=O)CCS(=O)(=O)c2ccc3c(c2)NC(=O)CO3)nc1. The van der Waals surface area contributed by atoms with Crippen molar-refractivity contribution in [1.29, 1.82) is 0 Å². The van der Waals surface area contributed by atoms with Crippen LogP contribution in [-0.2, 0) is 19.4 Å². The summed E-state index contributed by atoms with van der Waals surface area (Å²) >= 11 is 0. The Bertz CT molecular complexity index is 955. The summed E-state index contributed by atoms with van der Waals surface area (Å²) in [6, 6.07) is 7.65. The molecule has 0 aliphatic carbocycles. The number of anilines is 2. The summed E-state index contributed by atoms with van der Waals surface area (Å²) in [5, 5.41) is 5.12. The number of sulfone groups is 1. The van der Waals surface area contributed by atoms with Crippen molar-refractivity contribution in [1.82, 2.24) is 4.98 Å². The van der Waals surface area contributed by atoms with Gasteiger partial charge in [0.15, 0.2) is 16.4 Å². The Kier molecular flexibility index (Phi) is 4.90. The maximum atomic E-state index is 12.5. The van der Waals surface area contributed by atoms with Crippen molar-refractivity contribution >= 4 is 33.2 Å². The van der Waals surface area contributed by atoms with Crippen molar-refractivity contribution in [3.8, 4) is 5.75 Å². The molecule has 2 heterocycles. The number of hydrogen-bond donors (Lipinski definition) is 2. The molecular formula is C17H17N3O5S. The van der Waals surface area contributed by atoms with Gasteiger partial charge in [-0.1, -0.05) is 6.07 Å². The predicted molar refractivity (Wildman–Crippen MR) is 94.8 cm³/mol. The fourth-order valence-electron chi connectivity index (χ4n) is 2.35. The van der Waals surface area contributed by atoms with Crippen molar-refractivity contribution < 1.29 is 22.7 Å². The minimum Gasteiger partial charge on any atom is -0.482 e. The first-order valence-corrected chi connectivity index (χ1v) is 9.51. The van der Waals surface area contributed by atoms with E-state index in [1.54, 1.807) is 18.3 Å². The minimum absolute atomic E-state index is 0.0170. The van der Waals surface area contributed by atoms with Crippen LogP contribution in [0.4, 0.5) is 11.5 Å². The van der Waals surface area contributed by atoms with Gasteiger partial charge in [-0.25, -0.2) is 13.4 Å². The highest BCUT2D eigenvalue weighted by Gasteiger charge is 2.21. The molecule has 136 valence electrons. The number of aryl methyl sites for hydroxylation is 1. The number of pyridine rings is 1. The molecule has 0 saturated heterocycles. The molecule has 1 aromatic heterocycles. The normalized spacial score (nSPS) is 13.3. The highest BCUT2D eigenvalue weighted by atomic mass is 32.2. The van der Waals surface area contributed by atoms with Crippen LogP contribution >= 0.6 is 0 Å². The van der Waals surface area contributed by atoms with Gasteiger partial charge in [-0.15, -0.1) is 0 Å². The number of ether oxygens (including phenoxy) is 1. The van der Waals surface area contributed by atoms with Crippen molar-refractivity contribution in [3.63, 3.8) is 0 Å². The quantitative estimate of drug-likeness (QED) is 0.819. The molecule has 0 bridgehead atoms. The van der Waals surface area contributed by atoms with Crippen molar-refractivity contribution in [2.24, 2.45) is 0 Å². The van der Waals surface area contributed by atoms with Crippen LogP contribution in [0.2, 0.25) is 0 Å². The Labute approximate surface area is 150 Å². The van der Waals surface area contributed by atoms with Crippen LogP contribution in [0, 0.1) is 6.92 Å². The Morgan fingerprint density at radius 1 is 1.31 bits per heavy atom. The summed E-state index contributed by atoms with van der Waals surface area (Å²) in [4.78, 5) is 27.4. The third kappa shape index (κ3) is 4.17. The predicted octanol–water partition coefficient (Wildman–Crippen LogP) is 1.52. The molecule has 2 aromatic rings. The van der Waals surface area contributed by atoms with E-state index in [0.717, 1.165) is 5.56 Å². The van der Waals surface area contributed by atoms with Gasteiger partial charge in [-0.2, -0.15) is 0 Å². The molecule has 0 spiro atoms. The largest absolute Gasteiger partial charge is 0.482 e. The number of amides is 2. The van der Waals surface area contributed by atoms with E-state index in [9.17, 15) is 18.0 Å². The summed E-state index contributed by atoms with van der Waals surface area (Å²) in [5.41, 5.74) is 1.25. The summed E-state index contributed by atoms with van der Waals surface area (Å²) in [6.07, 6.45) is 1.40. The van der Waals surface area contributed by atoms with Gasteiger partial charge >= 0.3 is 0 Å². The maximum Gasteiger partial charge on any atom is 0.262 e. The zero-order chi connectivity index (χ0) is 18.7. The molecule has 8 nitrogen and oxygen atoms in total. The molecule has 0 saturated carbocycles. The molecule has 3 rings (SSSR count). The number of nitrogens with zero attached hydrogens (tertiary/aromatic N) is 1. The standard InChI is InChI=1S/C17H17N3O5S/c1-11-2-5-15(18-9-11)20-16(21)6-7-26(23,24)12-3-4-14-13(8-12)19-17(22)10-25-14/h2-5,8-9H,6-7,10H2,1H3,(H,19,22)(H,18,20,21). The van der Waals surface area contributed by atoms with E-state index in [-0.39, 0.29) is 29.6 Å². The topological polar surface area (TPSA) is 114 Å². The van der Waals surface area contributed by atoms with Crippen LogP contribution in [0.25, 0.3) is 0 Å². The molecule has 1 aliphatic heterocycles. The molecule has 0 atom stereocenters. The third-order valence-electron chi connectivity index (χ3n) is 3.72. The average Bonchev–Trinajstić information content (AvgIpc) is 2.61. The third-order valence-corrected chi connectivity index (χ3v) is 5.43. The first-order chi connectivity index (χ1) is 12.3. The average molecular weight is 375 g/mol. The first-order valence-electron chi connectivity index (χ1n) is 7.85. The monoisotopic (exact) mass is 375 g/mol. The highest BCUT2D eigenvalue weighted by molar-refractivity contribution is 7.91. The maximum absolute atomic E-state index is 12.5. The van der Waals surface area contributed by atoms with Gasteiger partial charge < -0.3 is 15.4 Å². The van der Waals surface area contributed by atoms with E-state index in [1.807, 2.05) is 6.92 Å². The van der Waals surface area contributed by atoms with Crippen LogP contribution in [0.5, 0.6) is 5.75 Å². The summed E-state index contributed by atoms with van der Waals surface area (Å²) < 4.78 is 30.1. The van der Waals surface area contributed by atoms with Gasteiger partial charge in [0, 0.05) is 12.6 Å². The van der Waals surface area contributed by atoms with E-state index >= 15 is 0 Å². The van der Waals surface area contributed by atoms with Gasteiger partial charge in [0.25, 0.3) is 5.91 Å². The lowest BCUT2D eigenvalue weighted by Gasteiger charge is -2.18. The second-order valence-electron chi connectivity index (χ2n) is 5.83. The van der Waals surface area contributed by atoms with E-state index in [0.29, 0.717) is 17.3 Å². The number of nitrogens with one attached hydrogen (secondary N) is 2. The summed E-state index contributed by atoms with van der Waals surface area (Å²) in [7, 11) is -3.69. The Morgan fingerprint density at radius 2 is 2.12 bits per heavy atom. The Morgan fingerprint density at radius 3 is 2.85 bits per heavy atom. The zero-order valence-corrected chi connectivity index (χ0v) is 14.8. The van der Waals surface area contributed by atoms with E-state index in [2.05, 4.69) is 15.6 Å². The van der Waals surface area contributed by atoms with Gasteiger partial charge in [0.2, 0.25) is 5.91 Å². The Hall–Kier alpha value is -2.94. The van der Waals surface area contributed by atoms with Crippen molar-refractivity contribution in [2.45, 2.75) is 18.2 Å². The van der Waals surface area contributed by atoms with Crippen LogP contribution in [0.15, 0.2) is 41.4 Å². The van der Waals surface area contributed by atoms with Gasteiger partial charge in [0.1, 0.15) is 11.6 Å². The lowest BCUT2D eigenvalue weighted by atomic mass is 10.2. The van der Waals surface area contributed by atoms with Crippen LogP contribution in [-0.4, -0.2) is 37.6 Å². The summed E-state index contributed by atoms with van der Waals surface area (Å²) in [5.74, 6) is -0.381. The minimum atomic E-state index is -3.69. The van der Waals surface area contributed by atoms with Crippen LogP contribution < -0.4 is 15.4 Å². The zero-order valence-electron chi connectivity index (χ0n) is 14.0. The molecule has 0 fully saturated rings. The number of carbonyl (C=O) groups is 2. The lowest BCUT2D eigenvalue weighted by molar-refractivity contribution is -0.118. The fourth-order valence-corrected chi connectivity index (χ4v) is 3.61. The van der Waals surface area contributed by atoms with Crippen LogP contribution in [0.3, 0.4) is 0 Å². The highest BCUT2D eigenvalue weighted by Crippen LogP contribution is 2.30. The number of fused-ring (bicyclic) bond motifs is 1. The summed E-state index contributed by atoms with van der Waals surface area (Å²) in [6.45, 7) is 1.77. The number of carbonyl (C=O) groups excluding carboxylic acids is 2. The molecule has 2 amide bonds. The van der Waals surface area contributed by atoms with Gasteiger partial charge in [0.05, 0.1) is 16.3 Å². The second kappa shape index (κ2) is 7.12. The van der Waals surface area contributed by atoms with Gasteiger partial charge in [-0.05, 0) is 36.8 Å². The molecular weight excluding hydrogens is 358 g/mol. The lowest BCUT2D eigenvalue weighted by Crippen LogP contribution is -2.25. The van der Waals surface area contributed by atoms with Crippen LogP contribution in [0.1, 0.15) is 12.0 Å². The molecule has 1 aliphatic rings. The van der Waals surface area contributed by atoms with E-state index in [4.69, 9.17) is 4.74 Å².